The normalized spacial score (nSPS) is 14.2. The van der Waals surface area contributed by atoms with Crippen molar-refractivity contribution in [3.8, 4) is 5.75 Å². The zero-order valence-corrected chi connectivity index (χ0v) is 14.7. The van der Waals surface area contributed by atoms with Gasteiger partial charge in [-0.15, -0.1) is 12.6 Å². The lowest BCUT2D eigenvalue weighted by Gasteiger charge is -2.33. The van der Waals surface area contributed by atoms with Gasteiger partial charge in [0.2, 0.25) is 0 Å². The van der Waals surface area contributed by atoms with Gasteiger partial charge in [-0.3, -0.25) is 0 Å². The number of ether oxygens (including phenoxy) is 2. The monoisotopic (exact) mass is 296 g/mol. The van der Waals surface area contributed by atoms with Crippen molar-refractivity contribution in [1.29, 1.82) is 0 Å². The van der Waals surface area contributed by atoms with Gasteiger partial charge in [0.25, 0.3) is 0 Å². The molecule has 1 aromatic rings. The zero-order valence-electron chi connectivity index (χ0n) is 13.8. The Kier molecular flexibility index (Phi) is 5.56. The lowest BCUT2D eigenvalue weighted by Crippen LogP contribution is -2.25. The summed E-state index contributed by atoms with van der Waals surface area (Å²) in [5.74, 6) is 0.762. The van der Waals surface area contributed by atoms with Crippen LogP contribution in [-0.2, 0) is 10.2 Å². The van der Waals surface area contributed by atoms with E-state index in [0.29, 0.717) is 5.41 Å². The quantitative estimate of drug-likeness (QED) is 0.604. The van der Waals surface area contributed by atoms with E-state index in [1.54, 1.807) is 7.11 Å². The van der Waals surface area contributed by atoms with Crippen LogP contribution in [0.1, 0.15) is 53.5 Å². The van der Waals surface area contributed by atoms with E-state index < -0.39 is 0 Å². The number of rotatable bonds is 5. The van der Waals surface area contributed by atoms with Gasteiger partial charge in [-0.25, -0.2) is 0 Å². The van der Waals surface area contributed by atoms with E-state index in [-0.39, 0.29) is 11.7 Å². The van der Waals surface area contributed by atoms with E-state index in [1.807, 2.05) is 13.0 Å². The molecule has 0 aliphatic carbocycles. The van der Waals surface area contributed by atoms with Crippen molar-refractivity contribution in [2.75, 3.05) is 7.11 Å². The van der Waals surface area contributed by atoms with Crippen LogP contribution in [-0.4, -0.2) is 13.4 Å². The molecule has 0 saturated heterocycles. The van der Waals surface area contributed by atoms with Crippen molar-refractivity contribution < 1.29 is 9.47 Å². The highest BCUT2D eigenvalue weighted by molar-refractivity contribution is 7.80. The third-order valence-electron chi connectivity index (χ3n) is 3.34. The molecule has 1 atom stereocenters. The Morgan fingerprint density at radius 3 is 2.20 bits per heavy atom. The summed E-state index contributed by atoms with van der Waals surface area (Å²) in [6.07, 6.45) is 0.844. The summed E-state index contributed by atoms with van der Waals surface area (Å²) in [4.78, 5) is 0.855. The van der Waals surface area contributed by atoms with E-state index >= 15 is 0 Å². The summed E-state index contributed by atoms with van der Waals surface area (Å²) in [7, 11) is 1.63. The number of methoxy groups -OCH3 is 1. The molecule has 0 amide bonds. The molecule has 2 nitrogen and oxygen atoms in total. The van der Waals surface area contributed by atoms with Crippen molar-refractivity contribution >= 4 is 12.6 Å². The Balaban J connectivity index is 2.96. The first-order chi connectivity index (χ1) is 9.05. The fourth-order valence-electron chi connectivity index (χ4n) is 2.69. The molecule has 3 heteroatoms. The molecule has 0 saturated carbocycles. The molecule has 0 spiro atoms. The van der Waals surface area contributed by atoms with E-state index in [4.69, 9.17) is 9.47 Å². The predicted molar refractivity (Wildman–Crippen MR) is 87.9 cm³/mol. The van der Waals surface area contributed by atoms with Crippen LogP contribution in [0, 0.1) is 5.41 Å². The van der Waals surface area contributed by atoms with Crippen LogP contribution < -0.4 is 4.74 Å². The maximum Gasteiger partial charge on any atom is 0.196 e. The van der Waals surface area contributed by atoms with Crippen molar-refractivity contribution in [3.05, 3.63) is 23.8 Å². The van der Waals surface area contributed by atoms with E-state index in [9.17, 15) is 0 Å². The second-order valence-electron chi connectivity index (χ2n) is 7.23. The van der Waals surface area contributed by atoms with Crippen LogP contribution in [0.4, 0.5) is 0 Å². The number of hydrogen-bond acceptors (Lipinski definition) is 3. The first-order valence-corrected chi connectivity index (χ1v) is 7.53. The fourth-order valence-corrected chi connectivity index (χ4v) is 2.96. The van der Waals surface area contributed by atoms with Crippen LogP contribution in [0.2, 0.25) is 0 Å². The molecule has 20 heavy (non-hydrogen) atoms. The molecular formula is C17H28O2S. The first kappa shape index (κ1) is 17.4. The predicted octanol–water partition coefficient (Wildman–Crippen LogP) is 5.06. The summed E-state index contributed by atoms with van der Waals surface area (Å²) in [6.45, 7) is 13.2. The van der Waals surface area contributed by atoms with Crippen molar-refractivity contribution in [2.24, 2.45) is 5.41 Å². The van der Waals surface area contributed by atoms with E-state index in [0.717, 1.165) is 17.1 Å². The summed E-state index contributed by atoms with van der Waals surface area (Å²) in [5, 5.41) is 0. The van der Waals surface area contributed by atoms with Gasteiger partial charge >= 0.3 is 0 Å². The number of thiol groups is 1. The maximum atomic E-state index is 5.66. The van der Waals surface area contributed by atoms with Crippen molar-refractivity contribution in [2.45, 2.75) is 64.6 Å². The topological polar surface area (TPSA) is 18.5 Å². The smallest absolute Gasteiger partial charge is 0.196 e. The summed E-state index contributed by atoms with van der Waals surface area (Å²) >= 11 is 4.54. The van der Waals surface area contributed by atoms with Gasteiger partial charge in [-0.1, -0.05) is 40.7 Å². The summed E-state index contributed by atoms with van der Waals surface area (Å²) in [6, 6.07) is 6.22. The molecular weight excluding hydrogens is 268 g/mol. The largest absolute Gasteiger partial charge is 0.464 e. The molecule has 0 aliphatic rings. The lowest BCUT2D eigenvalue weighted by molar-refractivity contribution is -0.0399. The molecule has 0 aliphatic heterocycles. The average molecular weight is 296 g/mol. The molecule has 0 radical (unpaired) electrons. The summed E-state index contributed by atoms with van der Waals surface area (Å²) < 4.78 is 10.8. The molecule has 0 fully saturated rings. The minimum Gasteiger partial charge on any atom is -0.464 e. The highest BCUT2D eigenvalue weighted by Crippen LogP contribution is 2.38. The molecule has 0 aromatic heterocycles. The molecule has 1 rings (SSSR count). The molecule has 1 aromatic carbocycles. The molecule has 114 valence electrons. The third kappa shape index (κ3) is 5.02. The molecule has 1 unspecified atom stereocenters. The van der Waals surface area contributed by atoms with Gasteiger partial charge < -0.3 is 9.47 Å². The first-order valence-electron chi connectivity index (χ1n) is 7.08. The lowest BCUT2D eigenvalue weighted by atomic mass is 9.72. The van der Waals surface area contributed by atoms with Crippen LogP contribution in [0.5, 0.6) is 5.75 Å². The van der Waals surface area contributed by atoms with Gasteiger partial charge in [-0.2, -0.15) is 0 Å². The van der Waals surface area contributed by atoms with Crippen LogP contribution in [0.15, 0.2) is 23.1 Å². The highest BCUT2D eigenvalue weighted by Gasteiger charge is 2.27. The minimum absolute atomic E-state index is 0.112. The van der Waals surface area contributed by atoms with Crippen LogP contribution in [0.25, 0.3) is 0 Å². The number of hydrogen-bond donors (Lipinski definition) is 1. The molecule has 0 heterocycles. The van der Waals surface area contributed by atoms with Gasteiger partial charge in [0.1, 0.15) is 5.75 Å². The third-order valence-corrected chi connectivity index (χ3v) is 3.69. The van der Waals surface area contributed by atoms with Crippen LogP contribution in [0.3, 0.4) is 0 Å². The van der Waals surface area contributed by atoms with E-state index in [2.05, 4.69) is 59.4 Å². The minimum atomic E-state index is -0.269. The fraction of sp³-hybridized carbons (Fsp3) is 0.647. The van der Waals surface area contributed by atoms with Crippen LogP contribution >= 0.6 is 12.6 Å². The van der Waals surface area contributed by atoms with Gasteiger partial charge in [0.05, 0.1) is 0 Å². The highest BCUT2D eigenvalue weighted by atomic mass is 32.1. The van der Waals surface area contributed by atoms with E-state index in [1.165, 1.54) is 5.56 Å². The average Bonchev–Trinajstić information content (AvgIpc) is 2.28. The molecule has 0 bridgehead atoms. The SMILES string of the molecule is COC(C)Oc1ccc(C(C)(C)CC(C)(C)C)cc1S. The van der Waals surface area contributed by atoms with Crippen molar-refractivity contribution in [3.63, 3.8) is 0 Å². The van der Waals surface area contributed by atoms with Crippen molar-refractivity contribution in [1.82, 2.24) is 0 Å². The Bertz CT molecular complexity index is 447. The second-order valence-corrected chi connectivity index (χ2v) is 7.71. The second kappa shape index (κ2) is 6.40. The Labute approximate surface area is 129 Å². The Morgan fingerprint density at radius 2 is 1.75 bits per heavy atom. The van der Waals surface area contributed by atoms with Gasteiger partial charge in [0, 0.05) is 12.0 Å². The maximum absolute atomic E-state index is 5.66. The zero-order chi connectivity index (χ0) is 15.6. The summed E-state index contributed by atoms with van der Waals surface area (Å²) in [5.41, 5.74) is 1.69. The molecule has 0 N–H and O–H groups in total. The standard InChI is InChI=1S/C17H28O2S/c1-12(18-7)19-14-9-8-13(10-15(14)20)17(5,6)11-16(2,3)4/h8-10,12,20H,11H2,1-7H3. The van der Waals surface area contributed by atoms with Gasteiger partial charge in [-0.05, 0) is 41.9 Å². The Hall–Kier alpha value is -0.670. The Morgan fingerprint density at radius 1 is 1.15 bits per heavy atom. The van der Waals surface area contributed by atoms with Gasteiger partial charge in [0.15, 0.2) is 6.29 Å². The number of benzene rings is 1.